The number of rotatable bonds is 1. The Labute approximate surface area is 106 Å². The molecule has 4 heteroatoms. The lowest BCUT2D eigenvalue weighted by Gasteiger charge is -2.23. The fourth-order valence-corrected chi connectivity index (χ4v) is 2.48. The average molecular weight is 238 g/mol. The van der Waals surface area contributed by atoms with Gasteiger partial charge in [0.15, 0.2) is 5.82 Å². The lowest BCUT2D eigenvalue weighted by molar-refractivity contribution is 0.916. The van der Waals surface area contributed by atoms with E-state index in [1.165, 1.54) is 18.4 Å². The molecule has 1 saturated carbocycles. The highest BCUT2D eigenvalue weighted by Crippen LogP contribution is 2.42. The van der Waals surface area contributed by atoms with Crippen molar-refractivity contribution in [2.24, 2.45) is 0 Å². The first kappa shape index (κ1) is 9.88. The van der Waals surface area contributed by atoms with Crippen molar-refractivity contribution in [3.05, 3.63) is 42.2 Å². The minimum absolute atomic E-state index is 0.562. The smallest absolute Gasteiger partial charge is 0.157 e. The maximum absolute atomic E-state index is 4.57. The van der Waals surface area contributed by atoms with Crippen molar-refractivity contribution in [1.82, 2.24) is 9.97 Å². The number of aromatic nitrogens is 2. The monoisotopic (exact) mass is 238 g/mol. The molecule has 2 aliphatic rings. The summed E-state index contributed by atoms with van der Waals surface area (Å²) in [5, 5.41) is 3.45. The van der Waals surface area contributed by atoms with E-state index in [4.69, 9.17) is 0 Å². The molecule has 4 rings (SSSR count). The van der Waals surface area contributed by atoms with Gasteiger partial charge in [-0.2, -0.15) is 0 Å². The second-order valence-corrected chi connectivity index (χ2v) is 4.82. The molecule has 0 radical (unpaired) electrons. The van der Waals surface area contributed by atoms with Crippen molar-refractivity contribution in [2.75, 3.05) is 10.2 Å². The second-order valence-electron chi connectivity index (χ2n) is 4.82. The number of anilines is 3. The zero-order valence-electron chi connectivity index (χ0n) is 10.0. The van der Waals surface area contributed by atoms with Crippen LogP contribution in [0.5, 0.6) is 0 Å². The summed E-state index contributed by atoms with van der Waals surface area (Å²) in [7, 11) is 0. The lowest BCUT2D eigenvalue weighted by Crippen LogP contribution is -2.22. The summed E-state index contributed by atoms with van der Waals surface area (Å²) in [6.07, 6.45) is 6.17. The summed E-state index contributed by atoms with van der Waals surface area (Å²) in [4.78, 5) is 11.4. The topological polar surface area (TPSA) is 41.1 Å². The maximum Gasteiger partial charge on any atom is 0.157 e. The van der Waals surface area contributed by atoms with Gasteiger partial charge in [-0.15, -0.1) is 0 Å². The van der Waals surface area contributed by atoms with E-state index in [-0.39, 0.29) is 0 Å². The summed E-state index contributed by atoms with van der Waals surface area (Å²) in [5.41, 5.74) is 2.34. The van der Waals surface area contributed by atoms with Gasteiger partial charge in [0.05, 0.1) is 5.69 Å². The van der Waals surface area contributed by atoms with Crippen LogP contribution in [0.3, 0.4) is 0 Å². The van der Waals surface area contributed by atoms with Gasteiger partial charge in [0, 0.05) is 30.5 Å². The Morgan fingerprint density at radius 2 is 1.83 bits per heavy atom. The van der Waals surface area contributed by atoms with Crippen LogP contribution in [-0.4, -0.2) is 16.0 Å². The van der Waals surface area contributed by atoms with E-state index in [0.29, 0.717) is 6.04 Å². The molecule has 0 spiro atoms. The van der Waals surface area contributed by atoms with Gasteiger partial charge in [0.2, 0.25) is 0 Å². The van der Waals surface area contributed by atoms with Crippen molar-refractivity contribution >= 4 is 17.3 Å². The van der Waals surface area contributed by atoms with Crippen LogP contribution in [0.4, 0.5) is 17.3 Å². The van der Waals surface area contributed by atoms with Gasteiger partial charge >= 0.3 is 0 Å². The van der Waals surface area contributed by atoms with Crippen LogP contribution in [0.2, 0.25) is 0 Å². The second kappa shape index (κ2) is 3.70. The number of nitrogens with one attached hydrogen (secondary N) is 1. The third kappa shape index (κ3) is 1.45. The number of hydrogen-bond acceptors (Lipinski definition) is 4. The van der Waals surface area contributed by atoms with Crippen LogP contribution in [-0.2, 0) is 6.54 Å². The Balaban J connectivity index is 1.93. The number of nitrogens with zero attached hydrogens (tertiary/aromatic N) is 3. The predicted octanol–water partition coefficient (Wildman–Crippen LogP) is 2.70. The van der Waals surface area contributed by atoms with E-state index < -0.39 is 0 Å². The first-order chi connectivity index (χ1) is 8.93. The van der Waals surface area contributed by atoms with E-state index in [1.54, 1.807) is 0 Å². The lowest BCUT2D eigenvalue weighted by atomic mass is 10.2. The first-order valence-corrected chi connectivity index (χ1v) is 6.35. The molecule has 0 aromatic carbocycles. The molecule has 0 saturated heterocycles. The minimum atomic E-state index is 0.562. The molecule has 1 aliphatic carbocycles. The molecule has 1 aliphatic heterocycles. The van der Waals surface area contributed by atoms with E-state index >= 15 is 0 Å². The Morgan fingerprint density at radius 3 is 2.67 bits per heavy atom. The van der Waals surface area contributed by atoms with Crippen LogP contribution in [0.25, 0.3) is 0 Å². The fourth-order valence-electron chi connectivity index (χ4n) is 2.48. The molecule has 2 aromatic rings. The minimum Gasteiger partial charge on any atom is -0.378 e. The molecule has 4 nitrogen and oxygen atoms in total. The summed E-state index contributed by atoms with van der Waals surface area (Å²) in [6, 6.07) is 8.75. The molecule has 18 heavy (non-hydrogen) atoms. The van der Waals surface area contributed by atoms with Crippen LogP contribution in [0.1, 0.15) is 18.4 Å². The van der Waals surface area contributed by atoms with Crippen LogP contribution in [0, 0.1) is 0 Å². The Kier molecular flexibility index (Phi) is 2.03. The summed E-state index contributed by atoms with van der Waals surface area (Å²) >= 11 is 0. The maximum atomic E-state index is 4.57. The third-order valence-corrected chi connectivity index (χ3v) is 3.49. The molecule has 1 fully saturated rings. The van der Waals surface area contributed by atoms with Crippen molar-refractivity contribution in [3.8, 4) is 0 Å². The van der Waals surface area contributed by atoms with E-state index in [1.807, 2.05) is 24.5 Å². The molecular formula is C14H14N4. The molecule has 2 aromatic heterocycles. The normalized spacial score (nSPS) is 17.4. The molecule has 0 atom stereocenters. The third-order valence-electron chi connectivity index (χ3n) is 3.49. The van der Waals surface area contributed by atoms with Gasteiger partial charge < -0.3 is 10.2 Å². The quantitative estimate of drug-likeness (QED) is 0.829. The Hall–Kier alpha value is -2.10. The summed E-state index contributed by atoms with van der Waals surface area (Å²) in [5.74, 6) is 2.07. The predicted molar refractivity (Wildman–Crippen MR) is 71.0 cm³/mol. The molecule has 1 N–H and O–H groups in total. The largest absolute Gasteiger partial charge is 0.378 e. The molecular weight excluding hydrogens is 224 g/mol. The Morgan fingerprint density at radius 1 is 1.06 bits per heavy atom. The summed E-state index contributed by atoms with van der Waals surface area (Å²) < 4.78 is 0. The standard InChI is InChI=1S/C14H14N4/c1-3-10-9-17-12-4-2-8-16-14(12)18(11-5-6-11)13(10)15-7-1/h1-4,7-8,11,17H,5-6,9H2. The number of fused-ring (bicyclic) bond motifs is 2. The van der Waals surface area contributed by atoms with Crippen molar-refractivity contribution in [1.29, 1.82) is 0 Å². The van der Waals surface area contributed by atoms with E-state index in [2.05, 4.69) is 32.3 Å². The number of hydrogen-bond donors (Lipinski definition) is 1. The zero-order chi connectivity index (χ0) is 11.9. The van der Waals surface area contributed by atoms with Crippen molar-refractivity contribution in [3.63, 3.8) is 0 Å². The molecule has 0 amide bonds. The zero-order valence-corrected chi connectivity index (χ0v) is 10.0. The van der Waals surface area contributed by atoms with Gasteiger partial charge in [0.1, 0.15) is 5.82 Å². The van der Waals surface area contributed by atoms with Gasteiger partial charge in [-0.25, -0.2) is 9.97 Å². The van der Waals surface area contributed by atoms with Gasteiger partial charge in [0.25, 0.3) is 0 Å². The van der Waals surface area contributed by atoms with Gasteiger partial charge in [-0.1, -0.05) is 6.07 Å². The molecule has 90 valence electrons. The highest BCUT2D eigenvalue weighted by Gasteiger charge is 2.35. The van der Waals surface area contributed by atoms with Gasteiger partial charge in [-0.3, -0.25) is 0 Å². The fraction of sp³-hybridized carbons (Fsp3) is 0.286. The highest BCUT2D eigenvalue weighted by molar-refractivity contribution is 5.76. The van der Waals surface area contributed by atoms with Crippen LogP contribution >= 0.6 is 0 Å². The molecule has 0 unspecified atom stereocenters. The molecule has 3 heterocycles. The average Bonchev–Trinajstić information content (AvgIpc) is 3.23. The van der Waals surface area contributed by atoms with E-state index in [0.717, 1.165) is 23.9 Å². The van der Waals surface area contributed by atoms with Crippen LogP contribution in [0.15, 0.2) is 36.7 Å². The van der Waals surface area contributed by atoms with Crippen molar-refractivity contribution in [2.45, 2.75) is 25.4 Å². The molecule has 0 bridgehead atoms. The van der Waals surface area contributed by atoms with Crippen LogP contribution < -0.4 is 10.2 Å². The van der Waals surface area contributed by atoms with E-state index in [9.17, 15) is 0 Å². The number of pyridine rings is 2. The SMILES string of the molecule is c1cnc2c(c1)CNc1cccnc1N2C1CC1. The van der Waals surface area contributed by atoms with Gasteiger partial charge in [-0.05, 0) is 31.0 Å². The highest BCUT2D eigenvalue weighted by atomic mass is 15.3. The Bertz CT molecular complexity index is 544. The summed E-state index contributed by atoms with van der Waals surface area (Å²) in [6.45, 7) is 0.811. The van der Waals surface area contributed by atoms with Crippen molar-refractivity contribution < 1.29 is 0 Å². The first-order valence-electron chi connectivity index (χ1n) is 6.35.